The molecular weight excluding hydrogens is 276 g/mol. The zero-order valence-electron chi connectivity index (χ0n) is 13.8. The molecule has 4 nitrogen and oxygen atoms in total. The highest BCUT2D eigenvalue weighted by Crippen LogP contribution is 2.44. The Hall–Kier alpha value is -1.55. The summed E-state index contributed by atoms with van der Waals surface area (Å²) in [5.74, 6) is 0. The van der Waals surface area contributed by atoms with Gasteiger partial charge in [0, 0.05) is 12.1 Å². The summed E-state index contributed by atoms with van der Waals surface area (Å²) in [6.07, 6.45) is 4.91. The molecule has 2 aliphatic rings. The maximum atomic E-state index is 12.6. The molecule has 1 aliphatic carbocycles. The number of hydrogen-bond donors (Lipinski definition) is 1. The molecule has 1 saturated carbocycles. The van der Waals surface area contributed by atoms with Gasteiger partial charge < -0.3 is 10.5 Å². The molecule has 120 valence electrons. The van der Waals surface area contributed by atoms with Gasteiger partial charge in [0.05, 0.1) is 5.69 Å². The zero-order chi connectivity index (χ0) is 16.0. The van der Waals surface area contributed by atoms with E-state index >= 15 is 0 Å². The van der Waals surface area contributed by atoms with Gasteiger partial charge in [0.15, 0.2) is 0 Å². The van der Waals surface area contributed by atoms with E-state index in [1.54, 1.807) is 4.90 Å². The van der Waals surface area contributed by atoms with E-state index < -0.39 is 5.60 Å². The largest absolute Gasteiger partial charge is 0.443 e. The van der Waals surface area contributed by atoms with Crippen molar-refractivity contribution in [3.63, 3.8) is 0 Å². The van der Waals surface area contributed by atoms with Crippen LogP contribution in [0.5, 0.6) is 0 Å². The van der Waals surface area contributed by atoms with Crippen molar-refractivity contribution < 1.29 is 9.53 Å². The number of para-hydroxylation sites is 1. The summed E-state index contributed by atoms with van der Waals surface area (Å²) in [6.45, 7) is 6.37. The molecule has 3 rings (SSSR count). The van der Waals surface area contributed by atoms with Crippen molar-refractivity contribution in [2.24, 2.45) is 5.73 Å². The number of hydrogen-bond acceptors (Lipinski definition) is 3. The average molecular weight is 302 g/mol. The lowest BCUT2D eigenvalue weighted by Gasteiger charge is -2.31. The molecular formula is C18H26N2O2. The van der Waals surface area contributed by atoms with E-state index in [1.165, 1.54) is 5.56 Å². The Morgan fingerprint density at radius 1 is 1.27 bits per heavy atom. The first-order valence-corrected chi connectivity index (χ1v) is 8.22. The minimum absolute atomic E-state index is 0.264. The van der Waals surface area contributed by atoms with Crippen LogP contribution in [0.25, 0.3) is 0 Å². The molecule has 0 radical (unpaired) electrons. The summed E-state index contributed by atoms with van der Waals surface area (Å²) in [7, 11) is 0. The first-order chi connectivity index (χ1) is 10.3. The van der Waals surface area contributed by atoms with Gasteiger partial charge in [-0.1, -0.05) is 31.0 Å². The molecule has 0 unspecified atom stereocenters. The normalized spacial score (nSPS) is 20.1. The quantitative estimate of drug-likeness (QED) is 0.860. The molecule has 1 aromatic carbocycles. The topological polar surface area (TPSA) is 55.6 Å². The second kappa shape index (κ2) is 5.27. The van der Waals surface area contributed by atoms with Gasteiger partial charge in [0.1, 0.15) is 5.60 Å². The van der Waals surface area contributed by atoms with Crippen molar-refractivity contribution in [2.75, 3.05) is 11.4 Å². The molecule has 1 aliphatic heterocycles. The Kier molecular flexibility index (Phi) is 3.68. The third kappa shape index (κ3) is 2.72. The fraction of sp³-hybridized carbons (Fsp3) is 0.611. The number of benzene rings is 1. The number of fused-ring (bicyclic) bond motifs is 1. The van der Waals surface area contributed by atoms with Crippen LogP contribution in [0.15, 0.2) is 18.2 Å². The molecule has 1 heterocycles. The Morgan fingerprint density at radius 3 is 2.59 bits per heavy atom. The number of amides is 1. The summed E-state index contributed by atoms with van der Waals surface area (Å²) in [6, 6.07) is 6.26. The molecule has 0 aromatic heterocycles. The molecule has 0 spiro atoms. The van der Waals surface area contributed by atoms with E-state index in [4.69, 9.17) is 10.5 Å². The minimum Gasteiger partial charge on any atom is -0.443 e. The van der Waals surface area contributed by atoms with Crippen LogP contribution in [0.2, 0.25) is 0 Å². The Labute approximate surface area is 132 Å². The van der Waals surface area contributed by atoms with E-state index in [2.05, 4.69) is 18.2 Å². The third-order valence-electron chi connectivity index (χ3n) is 4.64. The predicted molar refractivity (Wildman–Crippen MR) is 88.1 cm³/mol. The van der Waals surface area contributed by atoms with Gasteiger partial charge in [-0.05, 0) is 51.2 Å². The van der Waals surface area contributed by atoms with Crippen molar-refractivity contribution in [1.29, 1.82) is 0 Å². The highest BCUT2D eigenvalue weighted by molar-refractivity contribution is 5.92. The first kappa shape index (κ1) is 15.3. The van der Waals surface area contributed by atoms with Crippen LogP contribution in [-0.2, 0) is 16.7 Å². The molecule has 1 fully saturated rings. The van der Waals surface area contributed by atoms with Crippen molar-refractivity contribution in [1.82, 2.24) is 0 Å². The van der Waals surface area contributed by atoms with Crippen LogP contribution in [0.4, 0.5) is 10.5 Å². The Balaban J connectivity index is 1.97. The van der Waals surface area contributed by atoms with E-state index in [1.807, 2.05) is 20.8 Å². The zero-order valence-corrected chi connectivity index (χ0v) is 13.8. The van der Waals surface area contributed by atoms with Crippen LogP contribution in [-0.4, -0.2) is 18.2 Å². The lowest BCUT2D eigenvalue weighted by Crippen LogP contribution is -2.39. The fourth-order valence-electron chi connectivity index (χ4n) is 3.63. The van der Waals surface area contributed by atoms with Crippen LogP contribution >= 0.6 is 0 Å². The third-order valence-corrected chi connectivity index (χ3v) is 4.64. The van der Waals surface area contributed by atoms with E-state index in [9.17, 15) is 4.79 Å². The maximum Gasteiger partial charge on any atom is 0.414 e. The summed E-state index contributed by atoms with van der Waals surface area (Å²) in [4.78, 5) is 14.3. The fourth-order valence-corrected chi connectivity index (χ4v) is 3.63. The monoisotopic (exact) mass is 302 g/mol. The van der Waals surface area contributed by atoms with Crippen LogP contribution < -0.4 is 10.6 Å². The smallest absolute Gasteiger partial charge is 0.414 e. The van der Waals surface area contributed by atoms with Crippen molar-refractivity contribution >= 4 is 11.8 Å². The van der Waals surface area contributed by atoms with Crippen molar-refractivity contribution in [3.05, 3.63) is 29.3 Å². The molecule has 1 amide bonds. The number of ether oxygens (including phenoxy) is 1. The van der Waals surface area contributed by atoms with E-state index in [0.29, 0.717) is 6.54 Å². The van der Waals surface area contributed by atoms with Gasteiger partial charge in [-0.3, -0.25) is 4.90 Å². The number of anilines is 1. The molecule has 22 heavy (non-hydrogen) atoms. The number of carbonyl (C=O) groups excluding carboxylic acids is 1. The Morgan fingerprint density at radius 2 is 1.95 bits per heavy atom. The van der Waals surface area contributed by atoms with Crippen molar-refractivity contribution in [3.8, 4) is 0 Å². The Bertz CT molecular complexity index is 583. The highest BCUT2D eigenvalue weighted by Gasteiger charge is 2.38. The molecule has 0 bridgehead atoms. The van der Waals surface area contributed by atoms with Crippen LogP contribution in [0.3, 0.4) is 0 Å². The van der Waals surface area contributed by atoms with E-state index in [-0.39, 0.29) is 11.6 Å². The molecule has 0 saturated heterocycles. The predicted octanol–water partition coefficient (Wildman–Crippen LogP) is 3.71. The lowest BCUT2D eigenvalue weighted by molar-refractivity contribution is 0.0583. The van der Waals surface area contributed by atoms with E-state index in [0.717, 1.165) is 43.4 Å². The molecule has 4 heteroatoms. The summed E-state index contributed by atoms with van der Waals surface area (Å²) < 4.78 is 5.58. The number of nitrogens with zero attached hydrogens (tertiary/aromatic N) is 1. The van der Waals surface area contributed by atoms with Gasteiger partial charge in [0.2, 0.25) is 0 Å². The second-order valence-corrected chi connectivity index (χ2v) is 7.56. The maximum absolute atomic E-state index is 12.6. The minimum atomic E-state index is -0.484. The van der Waals surface area contributed by atoms with Gasteiger partial charge in [-0.15, -0.1) is 0 Å². The number of rotatable bonds is 1. The molecule has 2 N–H and O–H groups in total. The molecule has 1 aromatic rings. The number of nitrogens with two attached hydrogens (primary N) is 1. The summed E-state index contributed by atoms with van der Waals surface area (Å²) in [5.41, 5.74) is 9.21. The first-order valence-electron chi connectivity index (χ1n) is 8.22. The van der Waals surface area contributed by atoms with Gasteiger partial charge in [-0.25, -0.2) is 4.79 Å². The summed E-state index contributed by atoms with van der Waals surface area (Å²) in [5, 5.41) is 0. The summed E-state index contributed by atoms with van der Waals surface area (Å²) >= 11 is 0. The van der Waals surface area contributed by atoms with Gasteiger partial charge in [-0.2, -0.15) is 0 Å². The highest BCUT2D eigenvalue weighted by atomic mass is 16.6. The average Bonchev–Trinajstić information content (AvgIpc) is 3.03. The lowest BCUT2D eigenvalue weighted by atomic mass is 9.87. The molecule has 0 atom stereocenters. The van der Waals surface area contributed by atoms with Gasteiger partial charge >= 0.3 is 6.09 Å². The van der Waals surface area contributed by atoms with Crippen LogP contribution in [0.1, 0.15) is 57.6 Å². The number of carbonyl (C=O) groups is 1. The van der Waals surface area contributed by atoms with Crippen molar-refractivity contribution in [2.45, 2.75) is 64.0 Å². The second-order valence-electron chi connectivity index (χ2n) is 7.56. The van der Waals surface area contributed by atoms with Crippen LogP contribution in [0, 0.1) is 0 Å². The van der Waals surface area contributed by atoms with Gasteiger partial charge in [0.25, 0.3) is 0 Å². The standard InChI is InChI=1S/C18H26N2O2/c1-17(2,3)22-16(21)20-12-9-13-7-6-8-14(15(13)20)18(19)10-4-5-11-18/h6-8H,4-5,9-12,19H2,1-3H3. The SMILES string of the molecule is CC(C)(C)OC(=O)N1CCc2cccc(C3(N)CCCC3)c21.